The van der Waals surface area contributed by atoms with Crippen molar-refractivity contribution in [3.8, 4) is 6.07 Å². The molecule has 14 heavy (non-hydrogen) atoms. The van der Waals surface area contributed by atoms with Gasteiger partial charge in [0.1, 0.15) is 0 Å². The van der Waals surface area contributed by atoms with Crippen LogP contribution in [0.2, 0.25) is 0 Å². The number of nitriles is 1. The smallest absolute Gasteiger partial charge is 0.319 e. The van der Waals surface area contributed by atoms with Gasteiger partial charge in [-0.3, -0.25) is 9.69 Å². The highest BCUT2D eigenvalue weighted by Gasteiger charge is 2.09. The van der Waals surface area contributed by atoms with E-state index in [1.54, 1.807) is 7.11 Å². The van der Waals surface area contributed by atoms with Gasteiger partial charge in [-0.1, -0.05) is 0 Å². The van der Waals surface area contributed by atoms with E-state index in [1.165, 1.54) is 7.11 Å². The van der Waals surface area contributed by atoms with Crippen LogP contribution in [0.25, 0.3) is 0 Å². The monoisotopic (exact) mass is 200 g/mol. The predicted molar refractivity (Wildman–Crippen MR) is 50.6 cm³/mol. The minimum Gasteiger partial charge on any atom is -0.468 e. The average Bonchev–Trinajstić information content (AvgIpc) is 2.21. The summed E-state index contributed by atoms with van der Waals surface area (Å²) >= 11 is 0. The number of esters is 1. The third-order valence-corrected chi connectivity index (χ3v) is 1.73. The number of rotatable bonds is 7. The maximum Gasteiger partial charge on any atom is 0.319 e. The molecule has 0 saturated heterocycles. The van der Waals surface area contributed by atoms with Crippen LogP contribution in [0.1, 0.15) is 6.42 Å². The molecular formula is C9H16N2O3. The molecule has 0 atom stereocenters. The summed E-state index contributed by atoms with van der Waals surface area (Å²) in [7, 11) is 2.95. The zero-order valence-electron chi connectivity index (χ0n) is 8.65. The van der Waals surface area contributed by atoms with Gasteiger partial charge >= 0.3 is 5.97 Å². The van der Waals surface area contributed by atoms with E-state index in [4.69, 9.17) is 10.00 Å². The highest BCUT2D eigenvalue weighted by atomic mass is 16.5. The summed E-state index contributed by atoms with van der Waals surface area (Å²) in [6, 6.07) is 2.03. The normalized spacial score (nSPS) is 9.86. The molecule has 0 spiro atoms. The molecule has 80 valence electrons. The van der Waals surface area contributed by atoms with Crippen LogP contribution in [0.15, 0.2) is 0 Å². The van der Waals surface area contributed by atoms with E-state index >= 15 is 0 Å². The second-order valence-electron chi connectivity index (χ2n) is 2.75. The highest BCUT2D eigenvalue weighted by molar-refractivity contribution is 5.71. The van der Waals surface area contributed by atoms with Gasteiger partial charge < -0.3 is 9.47 Å². The van der Waals surface area contributed by atoms with Gasteiger partial charge in [-0.15, -0.1) is 0 Å². The number of hydrogen-bond acceptors (Lipinski definition) is 5. The van der Waals surface area contributed by atoms with Crippen LogP contribution in [0.4, 0.5) is 0 Å². The van der Waals surface area contributed by atoms with Crippen LogP contribution in [-0.2, 0) is 14.3 Å². The SMILES string of the molecule is COCCN(CCC#N)CC(=O)OC. The van der Waals surface area contributed by atoms with Crippen LogP contribution < -0.4 is 0 Å². The third-order valence-electron chi connectivity index (χ3n) is 1.73. The van der Waals surface area contributed by atoms with Gasteiger partial charge in [0.05, 0.1) is 26.3 Å². The molecule has 5 nitrogen and oxygen atoms in total. The van der Waals surface area contributed by atoms with Crippen molar-refractivity contribution in [3.05, 3.63) is 0 Å². The Hall–Kier alpha value is -1.12. The van der Waals surface area contributed by atoms with Crippen LogP contribution >= 0.6 is 0 Å². The van der Waals surface area contributed by atoms with Gasteiger partial charge in [0.15, 0.2) is 0 Å². The number of nitrogens with zero attached hydrogens (tertiary/aromatic N) is 2. The van der Waals surface area contributed by atoms with Gasteiger partial charge in [-0.2, -0.15) is 5.26 Å². The summed E-state index contributed by atoms with van der Waals surface area (Å²) in [5.41, 5.74) is 0. The molecule has 0 aliphatic heterocycles. The van der Waals surface area contributed by atoms with Gasteiger partial charge in [-0.25, -0.2) is 0 Å². The van der Waals surface area contributed by atoms with E-state index in [0.717, 1.165) is 0 Å². The fourth-order valence-corrected chi connectivity index (χ4v) is 0.946. The molecule has 0 radical (unpaired) electrons. The van der Waals surface area contributed by atoms with Crippen molar-refractivity contribution in [2.45, 2.75) is 6.42 Å². The van der Waals surface area contributed by atoms with Crippen molar-refractivity contribution in [1.82, 2.24) is 4.90 Å². The van der Waals surface area contributed by atoms with Crippen molar-refractivity contribution in [2.75, 3.05) is 40.5 Å². The minimum absolute atomic E-state index is 0.210. The number of ether oxygens (including phenoxy) is 2. The number of methoxy groups -OCH3 is 2. The summed E-state index contributed by atoms with van der Waals surface area (Å²) < 4.78 is 9.43. The second-order valence-corrected chi connectivity index (χ2v) is 2.75. The number of carbonyl (C=O) groups excluding carboxylic acids is 1. The molecule has 0 rings (SSSR count). The fraction of sp³-hybridized carbons (Fsp3) is 0.778. The third kappa shape index (κ3) is 6.40. The first-order chi connectivity index (χ1) is 6.74. The highest BCUT2D eigenvalue weighted by Crippen LogP contribution is 1.92. The number of carbonyl (C=O) groups is 1. The van der Waals surface area contributed by atoms with E-state index in [-0.39, 0.29) is 12.5 Å². The Balaban J connectivity index is 3.84. The summed E-state index contributed by atoms with van der Waals surface area (Å²) in [4.78, 5) is 12.8. The molecule has 0 fully saturated rings. The van der Waals surface area contributed by atoms with Gasteiger partial charge in [-0.05, 0) is 0 Å². The van der Waals surface area contributed by atoms with Crippen molar-refractivity contribution in [3.63, 3.8) is 0 Å². The Labute approximate surface area is 84.2 Å². The summed E-state index contributed by atoms with van der Waals surface area (Å²) in [6.07, 6.45) is 0.403. The molecule has 0 aliphatic carbocycles. The fourth-order valence-electron chi connectivity index (χ4n) is 0.946. The Morgan fingerprint density at radius 3 is 2.64 bits per heavy atom. The van der Waals surface area contributed by atoms with Crippen molar-refractivity contribution in [1.29, 1.82) is 5.26 Å². The molecule has 0 saturated carbocycles. The lowest BCUT2D eigenvalue weighted by atomic mass is 10.4. The molecular weight excluding hydrogens is 184 g/mol. The van der Waals surface area contributed by atoms with Crippen LogP contribution in [0.3, 0.4) is 0 Å². The van der Waals surface area contributed by atoms with Crippen molar-refractivity contribution in [2.24, 2.45) is 0 Å². The molecule has 0 amide bonds. The second kappa shape index (κ2) is 8.48. The van der Waals surface area contributed by atoms with Gasteiger partial charge in [0, 0.05) is 26.6 Å². The van der Waals surface area contributed by atoms with Crippen molar-refractivity contribution < 1.29 is 14.3 Å². The maximum absolute atomic E-state index is 11.0. The molecule has 0 bridgehead atoms. The Morgan fingerprint density at radius 2 is 2.14 bits per heavy atom. The minimum atomic E-state index is -0.293. The largest absolute Gasteiger partial charge is 0.468 e. The maximum atomic E-state index is 11.0. The van der Waals surface area contributed by atoms with Gasteiger partial charge in [0.2, 0.25) is 0 Å². The number of hydrogen-bond donors (Lipinski definition) is 0. The van der Waals surface area contributed by atoms with E-state index in [2.05, 4.69) is 4.74 Å². The molecule has 0 aliphatic rings. The lowest BCUT2D eigenvalue weighted by Crippen LogP contribution is -2.34. The molecule has 0 aromatic rings. The molecule has 0 unspecified atom stereocenters. The Morgan fingerprint density at radius 1 is 1.43 bits per heavy atom. The van der Waals surface area contributed by atoms with E-state index in [0.29, 0.717) is 26.1 Å². The molecule has 0 aromatic heterocycles. The average molecular weight is 200 g/mol. The molecule has 0 N–H and O–H groups in total. The Bertz CT molecular complexity index is 201. The lowest BCUT2D eigenvalue weighted by molar-refractivity contribution is -0.142. The zero-order chi connectivity index (χ0) is 10.8. The van der Waals surface area contributed by atoms with E-state index in [9.17, 15) is 4.79 Å². The van der Waals surface area contributed by atoms with Crippen LogP contribution in [-0.4, -0.2) is 51.3 Å². The van der Waals surface area contributed by atoms with Gasteiger partial charge in [0.25, 0.3) is 0 Å². The quantitative estimate of drug-likeness (QED) is 0.542. The summed E-state index contributed by atoms with van der Waals surface area (Å²) in [5, 5.41) is 8.41. The van der Waals surface area contributed by atoms with Crippen molar-refractivity contribution >= 4 is 5.97 Å². The first-order valence-electron chi connectivity index (χ1n) is 4.39. The van der Waals surface area contributed by atoms with E-state index < -0.39 is 0 Å². The van der Waals surface area contributed by atoms with Crippen LogP contribution in [0.5, 0.6) is 0 Å². The summed E-state index contributed by atoms with van der Waals surface area (Å²) in [6.45, 7) is 1.95. The first kappa shape index (κ1) is 12.9. The first-order valence-corrected chi connectivity index (χ1v) is 4.39. The molecule has 5 heteroatoms. The topological polar surface area (TPSA) is 62.6 Å². The zero-order valence-corrected chi connectivity index (χ0v) is 8.65. The lowest BCUT2D eigenvalue weighted by Gasteiger charge is -2.18. The molecule has 0 heterocycles. The Kier molecular flexibility index (Phi) is 7.80. The standard InChI is InChI=1S/C9H16N2O3/c1-13-7-6-11(5-3-4-10)8-9(12)14-2/h3,5-8H2,1-2H3. The van der Waals surface area contributed by atoms with E-state index in [1.807, 2.05) is 11.0 Å². The van der Waals surface area contributed by atoms with Crippen LogP contribution in [0, 0.1) is 11.3 Å². The predicted octanol–water partition coefficient (Wildman–Crippen LogP) is 0.0215. The summed E-state index contributed by atoms with van der Waals surface area (Å²) in [5.74, 6) is -0.293. The molecule has 0 aromatic carbocycles.